The zero-order valence-corrected chi connectivity index (χ0v) is 28.5. The summed E-state index contributed by atoms with van der Waals surface area (Å²) in [7, 11) is -4.37. The van der Waals surface area contributed by atoms with Crippen LogP contribution in [0.5, 0.6) is 0 Å². The first-order valence-corrected chi connectivity index (χ1v) is 16.9. The smallest absolute Gasteiger partial charge is 0.264 e. The van der Waals surface area contributed by atoms with E-state index in [0.717, 1.165) is 22.0 Å². The summed E-state index contributed by atoms with van der Waals surface area (Å²) in [5.41, 5.74) is 0.581. The largest absolute Gasteiger partial charge is 0.350 e. The molecule has 4 aromatic carbocycles. The highest BCUT2D eigenvalue weighted by molar-refractivity contribution is 7.92. The Kier molecular flexibility index (Phi) is 11.4. The number of sulfonamides is 1. The average molecular weight is 705 g/mol. The topological polar surface area (TPSA) is 86.8 Å². The Morgan fingerprint density at radius 3 is 2.07 bits per heavy atom. The summed E-state index contributed by atoms with van der Waals surface area (Å²) in [5.74, 6) is -1.91. The third-order valence-corrected chi connectivity index (χ3v) is 9.59. The van der Waals surface area contributed by atoms with Gasteiger partial charge in [-0.3, -0.25) is 13.9 Å². The van der Waals surface area contributed by atoms with Gasteiger partial charge < -0.3 is 10.2 Å². The van der Waals surface area contributed by atoms with Gasteiger partial charge in [0.25, 0.3) is 10.0 Å². The van der Waals surface area contributed by atoms with Crippen LogP contribution < -0.4 is 9.62 Å². The molecule has 0 saturated carbocycles. The predicted molar refractivity (Wildman–Crippen MR) is 181 cm³/mol. The molecule has 0 spiro atoms. The van der Waals surface area contributed by atoms with Crippen molar-refractivity contribution in [2.75, 3.05) is 10.8 Å². The van der Waals surface area contributed by atoms with Crippen LogP contribution in [-0.2, 0) is 32.6 Å². The zero-order valence-electron chi connectivity index (χ0n) is 25.4. The van der Waals surface area contributed by atoms with E-state index in [9.17, 15) is 22.4 Å². The second-order valence-corrected chi connectivity index (χ2v) is 14.7. The van der Waals surface area contributed by atoms with E-state index in [0.29, 0.717) is 10.6 Å². The van der Waals surface area contributed by atoms with Gasteiger partial charge in [0.2, 0.25) is 11.8 Å². The monoisotopic (exact) mass is 703 g/mol. The van der Waals surface area contributed by atoms with Crippen molar-refractivity contribution >= 4 is 62.3 Å². The van der Waals surface area contributed by atoms with E-state index in [2.05, 4.69) is 5.32 Å². The molecule has 1 unspecified atom stereocenters. The van der Waals surface area contributed by atoms with Crippen molar-refractivity contribution in [3.05, 3.63) is 129 Å². The molecule has 0 aromatic heterocycles. The fraction of sp³-hybridized carbons (Fsp3) is 0.235. The van der Waals surface area contributed by atoms with Crippen molar-refractivity contribution in [1.82, 2.24) is 10.2 Å². The summed E-state index contributed by atoms with van der Waals surface area (Å²) < 4.78 is 43.1. The number of nitrogens with zero attached hydrogens (tertiary/aromatic N) is 2. The van der Waals surface area contributed by atoms with Crippen molar-refractivity contribution in [2.24, 2.45) is 0 Å². The number of carbonyl (C=O) groups is 2. The Labute approximate surface area is 283 Å². The SMILES string of the molecule is CC(C)(C)NC(=O)C(Cc1ccccc1)N(Cc1ccc(Cl)cc1Cl)C(=O)CN(c1ccc(F)c(Cl)c1)S(=O)(=O)c1ccccc1. The van der Waals surface area contributed by atoms with E-state index < -0.39 is 45.8 Å². The summed E-state index contributed by atoms with van der Waals surface area (Å²) in [6, 6.07) is 23.8. The van der Waals surface area contributed by atoms with Gasteiger partial charge in [0.15, 0.2) is 0 Å². The molecule has 0 radical (unpaired) electrons. The summed E-state index contributed by atoms with van der Waals surface area (Å²) in [6.45, 7) is 4.57. The molecule has 7 nitrogen and oxygen atoms in total. The maximum Gasteiger partial charge on any atom is 0.264 e. The number of carbonyl (C=O) groups excluding carboxylic acids is 2. The number of halogens is 4. The van der Waals surface area contributed by atoms with Crippen LogP contribution in [0.3, 0.4) is 0 Å². The first-order chi connectivity index (χ1) is 21.7. The van der Waals surface area contributed by atoms with Crippen LogP contribution in [0.25, 0.3) is 0 Å². The molecule has 2 amide bonds. The molecule has 0 bridgehead atoms. The Morgan fingerprint density at radius 2 is 1.48 bits per heavy atom. The Hall–Kier alpha value is -3.63. The molecule has 0 heterocycles. The van der Waals surface area contributed by atoms with Gasteiger partial charge in [0.05, 0.1) is 15.6 Å². The molecule has 46 heavy (non-hydrogen) atoms. The average Bonchev–Trinajstić information content (AvgIpc) is 3.00. The summed E-state index contributed by atoms with van der Waals surface area (Å²) in [6.07, 6.45) is 0.119. The molecule has 4 aromatic rings. The van der Waals surface area contributed by atoms with E-state index in [1.807, 2.05) is 51.1 Å². The summed E-state index contributed by atoms with van der Waals surface area (Å²) >= 11 is 18.7. The predicted octanol–water partition coefficient (Wildman–Crippen LogP) is 7.54. The summed E-state index contributed by atoms with van der Waals surface area (Å²) in [5, 5.41) is 3.28. The van der Waals surface area contributed by atoms with E-state index in [1.165, 1.54) is 29.2 Å². The molecule has 0 aliphatic heterocycles. The lowest BCUT2D eigenvalue weighted by Gasteiger charge is -2.35. The van der Waals surface area contributed by atoms with Crippen molar-refractivity contribution in [2.45, 2.75) is 50.2 Å². The van der Waals surface area contributed by atoms with Crippen LogP contribution >= 0.6 is 34.8 Å². The van der Waals surface area contributed by atoms with Crippen molar-refractivity contribution in [1.29, 1.82) is 0 Å². The molecule has 0 aliphatic rings. The summed E-state index contributed by atoms with van der Waals surface area (Å²) in [4.78, 5) is 29.7. The van der Waals surface area contributed by atoms with Gasteiger partial charge >= 0.3 is 0 Å². The van der Waals surface area contributed by atoms with E-state index in [1.54, 1.807) is 30.3 Å². The molecule has 12 heteroatoms. The minimum absolute atomic E-state index is 0.0353. The van der Waals surface area contributed by atoms with Crippen molar-refractivity contribution in [3.63, 3.8) is 0 Å². The van der Waals surface area contributed by atoms with Gasteiger partial charge in [-0.05, 0) is 74.4 Å². The second kappa shape index (κ2) is 14.9. The number of hydrogen-bond donors (Lipinski definition) is 1. The van der Waals surface area contributed by atoms with Gasteiger partial charge in [-0.1, -0.05) is 89.4 Å². The lowest BCUT2D eigenvalue weighted by Crippen LogP contribution is -2.56. The van der Waals surface area contributed by atoms with Crippen LogP contribution in [0.2, 0.25) is 15.1 Å². The number of amides is 2. The minimum Gasteiger partial charge on any atom is -0.350 e. The van der Waals surface area contributed by atoms with Crippen LogP contribution in [0, 0.1) is 5.82 Å². The third-order valence-electron chi connectivity index (χ3n) is 6.93. The Balaban J connectivity index is 1.85. The van der Waals surface area contributed by atoms with Gasteiger partial charge in [0, 0.05) is 28.5 Å². The Morgan fingerprint density at radius 1 is 0.848 bits per heavy atom. The molecule has 0 fully saturated rings. The highest BCUT2D eigenvalue weighted by Gasteiger charge is 2.36. The van der Waals surface area contributed by atoms with E-state index in [-0.39, 0.29) is 33.6 Å². The van der Waals surface area contributed by atoms with Crippen LogP contribution in [0.4, 0.5) is 10.1 Å². The van der Waals surface area contributed by atoms with Gasteiger partial charge in [-0.25, -0.2) is 12.8 Å². The Bertz CT molecular complexity index is 1800. The first-order valence-electron chi connectivity index (χ1n) is 14.3. The van der Waals surface area contributed by atoms with Crippen LogP contribution in [0.15, 0.2) is 102 Å². The fourth-order valence-electron chi connectivity index (χ4n) is 4.73. The molecule has 4 rings (SSSR count). The first kappa shape index (κ1) is 35.2. The molecule has 0 aliphatic carbocycles. The van der Waals surface area contributed by atoms with Gasteiger partial charge in [-0.15, -0.1) is 0 Å². The van der Waals surface area contributed by atoms with Gasteiger partial charge in [-0.2, -0.15) is 0 Å². The molecular formula is C34H33Cl3FN3O4S. The molecule has 1 N–H and O–H groups in total. The number of rotatable bonds is 11. The maximum atomic E-state index is 14.5. The maximum absolute atomic E-state index is 14.5. The molecule has 1 atom stereocenters. The highest BCUT2D eigenvalue weighted by Crippen LogP contribution is 2.29. The number of benzene rings is 4. The molecular weight excluding hydrogens is 672 g/mol. The van der Waals surface area contributed by atoms with Gasteiger partial charge in [0.1, 0.15) is 18.4 Å². The minimum atomic E-state index is -4.37. The van der Waals surface area contributed by atoms with Crippen LogP contribution in [0.1, 0.15) is 31.9 Å². The highest BCUT2D eigenvalue weighted by atomic mass is 35.5. The normalized spacial score (nSPS) is 12.3. The fourth-order valence-corrected chi connectivity index (χ4v) is 6.80. The van der Waals surface area contributed by atoms with Crippen LogP contribution in [-0.4, -0.2) is 43.3 Å². The van der Waals surface area contributed by atoms with E-state index in [4.69, 9.17) is 34.8 Å². The zero-order chi connectivity index (χ0) is 33.6. The lowest BCUT2D eigenvalue weighted by atomic mass is 10.0. The second-order valence-electron chi connectivity index (χ2n) is 11.6. The molecule has 242 valence electrons. The van der Waals surface area contributed by atoms with Crippen molar-refractivity contribution < 1.29 is 22.4 Å². The number of anilines is 1. The van der Waals surface area contributed by atoms with Crippen molar-refractivity contribution in [3.8, 4) is 0 Å². The number of hydrogen-bond acceptors (Lipinski definition) is 4. The molecule has 0 saturated heterocycles. The quantitative estimate of drug-likeness (QED) is 0.175. The van der Waals surface area contributed by atoms with E-state index >= 15 is 0 Å². The standard InChI is InChI=1S/C34H33Cl3FN3O4S/c1-34(2,3)39-33(43)31(18-23-10-6-4-7-11-23)40(21-24-14-15-25(35)19-28(24)36)32(42)22-41(26-16-17-30(38)29(37)20-26)46(44,45)27-12-8-5-9-13-27/h4-17,19-20,31H,18,21-22H2,1-3H3,(H,39,43). The third kappa shape index (κ3) is 9.00. The lowest BCUT2D eigenvalue weighted by molar-refractivity contribution is -0.140. The number of nitrogens with one attached hydrogen (secondary N) is 1.